The van der Waals surface area contributed by atoms with Crippen molar-refractivity contribution in [2.24, 2.45) is 11.3 Å². The van der Waals surface area contributed by atoms with Gasteiger partial charge in [-0.1, -0.05) is 44.2 Å². The zero-order valence-corrected chi connectivity index (χ0v) is 18.6. The van der Waals surface area contributed by atoms with Crippen LogP contribution in [0.1, 0.15) is 38.7 Å². The van der Waals surface area contributed by atoms with E-state index in [0.717, 1.165) is 16.7 Å². The number of carbonyl (C=O) groups excluding carboxylic acids is 2. The van der Waals surface area contributed by atoms with Crippen molar-refractivity contribution in [2.75, 3.05) is 27.2 Å². The van der Waals surface area contributed by atoms with Gasteiger partial charge in [-0.15, -0.1) is 0 Å². The number of pyridine rings is 1. The topological polar surface area (TPSA) is 53.5 Å². The largest absolute Gasteiger partial charge is 0.348 e. The summed E-state index contributed by atoms with van der Waals surface area (Å²) in [6.45, 7) is 5.41. The van der Waals surface area contributed by atoms with E-state index in [2.05, 4.69) is 37.0 Å². The highest BCUT2D eigenvalue weighted by atomic mass is 16.2. The predicted octanol–water partition coefficient (Wildman–Crippen LogP) is 4.03. The van der Waals surface area contributed by atoms with Crippen LogP contribution >= 0.6 is 0 Å². The lowest BCUT2D eigenvalue weighted by Crippen LogP contribution is -2.51. The summed E-state index contributed by atoms with van der Waals surface area (Å²) in [7, 11) is 3.65. The van der Waals surface area contributed by atoms with Crippen LogP contribution in [0.3, 0.4) is 0 Å². The van der Waals surface area contributed by atoms with Gasteiger partial charge in [0.15, 0.2) is 0 Å². The summed E-state index contributed by atoms with van der Waals surface area (Å²) >= 11 is 0. The zero-order chi connectivity index (χ0) is 21.7. The Morgan fingerprint density at radius 1 is 1.10 bits per heavy atom. The molecule has 3 rings (SSSR count). The standard InChI is InChI=1S/C25H33N3O2/c1-19(2)16-23(29)28-14-11-25(12-15-28,24(30)27(3)4)17-20-8-5-6-10-22(20)21-9-7-13-26-18-21/h5-10,13,18-19H,11-12,14-17H2,1-4H3. The van der Waals surface area contributed by atoms with Crippen LogP contribution in [0.4, 0.5) is 0 Å². The molecule has 1 aliphatic rings. The summed E-state index contributed by atoms with van der Waals surface area (Å²) in [5.74, 6) is 0.699. The number of piperidine rings is 1. The molecule has 0 radical (unpaired) electrons. The average Bonchev–Trinajstić information content (AvgIpc) is 2.74. The molecule has 0 saturated carbocycles. The molecular weight excluding hydrogens is 374 g/mol. The number of rotatable bonds is 6. The Kier molecular flexibility index (Phi) is 6.91. The van der Waals surface area contributed by atoms with Gasteiger partial charge in [-0.2, -0.15) is 0 Å². The van der Waals surface area contributed by atoms with E-state index in [0.29, 0.717) is 44.7 Å². The first-order valence-electron chi connectivity index (χ1n) is 10.8. The first-order valence-corrected chi connectivity index (χ1v) is 10.8. The molecule has 0 bridgehead atoms. The number of hydrogen-bond donors (Lipinski definition) is 0. The molecule has 2 aromatic rings. The summed E-state index contributed by atoms with van der Waals surface area (Å²) in [4.78, 5) is 33.8. The number of nitrogens with zero attached hydrogens (tertiary/aromatic N) is 3. The zero-order valence-electron chi connectivity index (χ0n) is 18.6. The minimum atomic E-state index is -0.490. The van der Waals surface area contributed by atoms with Crippen molar-refractivity contribution in [3.05, 3.63) is 54.4 Å². The molecule has 1 fully saturated rings. The number of amides is 2. The Hall–Kier alpha value is -2.69. The van der Waals surface area contributed by atoms with E-state index in [1.165, 1.54) is 0 Å². The van der Waals surface area contributed by atoms with Crippen LogP contribution in [0, 0.1) is 11.3 Å². The second kappa shape index (κ2) is 9.41. The molecule has 0 unspecified atom stereocenters. The monoisotopic (exact) mass is 407 g/mol. The highest BCUT2D eigenvalue weighted by Gasteiger charge is 2.43. The second-order valence-electron chi connectivity index (χ2n) is 9.03. The van der Waals surface area contributed by atoms with Crippen LogP contribution in [0.15, 0.2) is 48.8 Å². The van der Waals surface area contributed by atoms with E-state index < -0.39 is 5.41 Å². The number of hydrogen-bond acceptors (Lipinski definition) is 3. The van der Waals surface area contributed by atoms with E-state index in [9.17, 15) is 9.59 Å². The Morgan fingerprint density at radius 2 is 1.80 bits per heavy atom. The summed E-state index contributed by atoms with van der Waals surface area (Å²) in [5, 5.41) is 0. The summed E-state index contributed by atoms with van der Waals surface area (Å²) in [6.07, 6.45) is 6.25. The van der Waals surface area contributed by atoms with Gasteiger partial charge in [0, 0.05) is 51.6 Å². The third-order valence-corrected chi connectivity index (χ3v) is 6.03. The molecule has 30 heavy (non-hydrogen) atoms. The Labute approximate surface area is 180 Å². The minimum absolute atomic E-state index is 0.152. The van der Waals surface area contributed by atoms with E-state index in [1.807, 2.05) is 43.4 Å². The van der Waals surface area contributed by atoms with Crippen LogP contribution in [0.2, 0.25) is 0 Å². The van der Waals surface area contributed by atoms with Crippen molar-refractivity contribution in [2.45, 2.75) is 39.5 Å². The molecule has 5 heteroatoms. The maximum Gasteiger partial charge on any atom is 0.228 e. The van der Waals surface area contributed by atoms with E-state index >= 15 is 0 Å². The molecule has 160 valence electrons. The van der Waals surface area contributed by atoms with Gasteiger partial charge < -0.3 is 9.80 Å². The van der Waals surface area contributed by atoms with Crippen molar-refractivity contribution >= 4 is 11.8 Å². The maximum absolute atomic E-state index is 13.3. The molecule has 0 atom stereocenters. The molecule has 5 nitrogen and oxygen atoms in total. The Balaban J connectivity index is 1.87. The Bertz CT molecular complexity index is 869. The fraction of sp³-hybridized carbons (Fsp3) is 0.480. The molecular formula is C25H33N3O2. The first kappa shape index (κ1) is 22.0. The number of carbonyl (C=O) groups is 2. The lowest BCUT2D eigenvalue weighted by atomic mass is 9.71. The quantitative estimate of drug-likeness (QED) is 0.726. The van der Waals surface area contributed by atoms with Gasteiger partial charge in [0.25, 0.3) is 0 Å². The number of aromatic nitrogens is 1. The SMILES string of the molecule is CC(C)CC(=O)N1CCC(Cc2ccccc2-c2cccnc2)(C(=O)N(C)C)CC1. The van der Waals surface area contributed by atoms with E-state index in [1.54, 1.807) is 11.1 Å². The average molecular weight is 408 g/mol. The van der Waals surface area contributed by atoms with Gasteiger partial charge in [-0.05, 0) is 42.4 Å². The third-order valence-electron chi connectivity index (χ3n) is 6.03. The summed E-state index contributed by atoms with van der Waals surface area (Å²) in [5.41, 5.74) is 2.85. The van der Waals surface area contributed by atoms with Gasteiger partial charge >= 0.3 is 0 Å². The Morgan fingerprint density at radius 3 is 2.40 bits per heavy atom. The van der Waals surface area contributed by atoms with Crippen molar-refractivity contribution in [1.29, 1.82) is 0 Å². The van der Waals surface area contributed by atoms with Crippen molar-refractivity contribution < 1.29 is 9.59 Å². The lowest BCUT2D eigenvalue weighted by molar-refractivity contribution is -0.146. The van der Waals surface area contributed by atoms with E-state index in [-0.39, 0.29) is 11.8 Å². The molecule has 2 heterocycles. The number of likely N-dealkylation sites (tertiary alicyclic amines) is 1. The molecule has 1 aromatic heterocycles. The number of benzene rings is 1. The molecule has 0 aliphatic carbocycles. The minimum Gasteiger partial charge on any atom is -0.348 e. The molecule has 2 amide bonds. The molecule has 1 aliphatic heterocycles. The second-order valence-corrected chi connectivity index (χ2v) is 9.03. The van der Waals surface area contributed by atoms with Crippen LogP contribution in [0.5, 0.6) is 0 Å². The van der Waals surface area contributed by atoms with Gasteiger partial charge in [0.1, 0.15) is 0 Å². The highest BCUT2D eigenvalue weighted by molar-refractivity contribution is 5.84. The summed E-state index contributed by atoms with van der Waals surface area (Å²) in [6, 6.07) is 12.3. The van der Waals surface area contributed by atoms with Crippen LogP contribution in [-0.4, -0.2) is 53.8 Å². The maximum atomic E-state index is 13.3. The van der Waals surface area contributed by atoms with Crippen molar-refractivity contribution in [3.8, 4) is 11.1 Å². The van der Waals surface area contributed by atoms with Gasteiger partial charge in [0.05, 0.1) is 5.41 Å². The van der Waals surface area contributed by atoms with Crippen LogP contribution in [0.25, 0.3) is 11.1 Å². The van der Waals surface area contributed by atoms with Crippen molar-refractivity contribution in [1.82, 2.24) is 14.8 Å². The van der Waals surface area contributed by atoms with Gasteiger partial charge in [-0.25, -0.2) is 0 Å². The lowest BCUT2D eigenvalue weighted by Gasteiger charge is -2.42. The fourth-order valence-electron chi connectivity index (χ4n) is 4.45. The van der Waals surface area contributed by atoms with Crippen LogP contribution in [-0.2, 0) is 16.0 Å². The summed E-state index contributed by atoms with van der Waals surface area (Å²) < 4.78 is 0. The molecule has 0 N–H and O–H groups in total. The normalized spacial score (nSPS) is 15.8. The molecule has 0 spiro atoms. The van der Waals surface area contributed by atoms with Gasteiger partial charge in [0.2, 0.25) is 11.8 Å². The highest BCUT2D eigenvalue weighted by Crippen LogP contribution is 2.39. The van der Waals surface area contributed by atoms with Gasteiger partial charge in [-0.3, -0.25) is 14.6 Å². The molecule has 1 aromatic carbocycles. The van der Waals surface area contributed by atoms with E-state index in [4.69, 9.17) is 0 Å². The third kappa shape index (κ3) is 4.89. The molecule has 1 saturated heterocycles. The predicted molar refractivity (Wildman–Crippen MR) is 120 cm³/mol. The van der Waals surface area contributed by atoms with Crippen LogP contribution < -0.4 is 0 Å². The van der Waals surface area contributed by atoms with Crippen molar-refractivity contribution in [3.63, 3.8) is 0 Å². The smallest absolute Gasteiger partial charge is 0.228 e. The fourth-order valence-corrected chi connectivity index (χ4v) is 4.45. The first-order chi connectivity index (χ1) is 14.3.